The Morgan fingerprint density at radius 2 is 1.87 bits per heavy atom. The highest BCUT2D eigenvalue weighted by atomic mass is 19.1. The minimum Gasteiger partial charge on any atom is -0.466 e. The second-order valence-corrected chi connectivity index (χ2v) is 6.80. The zero-order chi connectivity index (χ0) is 17.3. The molecule has 0 spiro atoms. The standard InChI is InChI=1S/C17H24BFO4/c1-6-21-15(20)11-14(12-8-7-9-13(19)10-12)18-22-16(2,3)17(4,5)23-18/h7-10,14H,6,11H2,1-5H3. The molecule has 6 heteroatoms. The first kappa shape index (κ1) is 18.0. The minimum absolute atomic E-state index is 0.0775. The van der Waals surface area contributed by atoms with E-state index in [0.717, 1.165) is 0 Å². The molecule has 1 unspecified atom stereocenters. The summed E-state index contributed by atoms with van der Waals surface area (Å²) in [5.74, 6) is -1.13. The number of esters is 1. The smallest absolute Gasteiger partial charge is 0.466 e. The van der Waals surface area contributed by atoms with Crippen LogP contribution in [0.1, 0.15) is 52.4 Å². The van der Waals surface area contributed by atoms with Crippen LogP contribution in [0.15, 0.2) is 24.3 Å². The van der Waals surface area contributed by atoms with E-state index in [1.165, 1.54) is 12.1 Å². The minimum atomic E-state index is -0.633. The molecule has 0 aliphatic carbocycles. The number of carbonyl (C=O) groups is 1. The van der Waals surface area contributed by atoms with Gasteiger partial charge >= 0.3 is 13.1 Å². The summed E-state index contributed by atoms with van der Waals surface area (Å²) in [7, 11) is -0.633. The molecule has 1 fully saturated rings. The predicted octanol–water partition coefficient (Wildman–Crippen LogP) is 3.49. The fourth-order valence-corrected chi connectivity index (χ4v) is 2.56. The molecule has 0 radical (unpaired) electrons. The van der Waals surface area contributed by atoms with Crippen LogP contribution in [-0.2, 0) is 18.8 Å². The lowest BCUT2D eigenvalue weighted by molar-refractivity contribution is -0.143. The van der Waals surface area contributed by atoms with Crippen molar-refractivity contribution in [3.8, 4) is 0 Å². The second kappa shape index (κ2) is 6.61. The molecular formula is C17H24BFO4. The fourth-order valence-electron chi connectivity index (χ4n) is 2.56. The van der Waals surface area contributed by atoms with Crippen LogP contribution in [0.3, 0.4) is 0 Å². The number of rotatable bonds is 5. The van der Waals surface area contributed by atoms with Crippen LogP contribution in [0.25, 0.3) is 0 Å². The molecule has 126 valence electrons. The maximum atomic E-state index is 13.6. The van der Waals surface area contributed by atoms with E-state index < -0.39 is 24.1 Å². The van der Waals surface area contributed by atoms with Gasteiger partial charge in [-0.3, -0.25) is 4.79 Å². The van der Waals surface area contributed by atoms with E-state index in [9.17, 15) is 9.18 Å². The molecule has 1 aliphatic heterocycles. The molecule has 0 amide bonds. The highest BCUT2D eigenvalue weighted by Gasteiger charge is 2.54. The Bertz CT molecular complexity index is 557. The van der Waals surface area contributed by atoms with Gasteiger partial charge in [0.2, 0.25) is 0 Å². The van der Waals surface area contributed by atoms with Crippen LogP contribution in [0, 0.1) is 5.82 Å². The van der Waals surface area contributed by atoms with Gasteiger partial charge in [0.25, 0.3) is 0 Å². The Morgan fingerprint density at radius 1 is 1.26 bits per heavy atom. The number of hydrogen-bond donors (Lipinski definition) is 0. The molecule has 1 atom stereocenters. The summed E-state index contributed by atoms with van der Waals surface area (Å²) in [5.41, 5.74) is -0.368. The number of hydrogen-bond acceptors (Lipinski definition) is 4. The SMILES string of the molecule is CCOC(=O)CC(B1OC(C)(C)C(C)(C)O1)c1cccc(F)c1. The molecule has 0 N–H and O–H groups in total. The van der Waals surface area contributed by atoms with Crippen LogP contribution in [0.2, 0.25) is 0 Å². The first-order valence-corrected chi connectivity index (χ1v) is 7.93. The molecular weight excluding hydrogens is 298 g/mol. The van der Waals surface area contributed by atoms with Crippen molar-refractivity contribution in [3.05, 3.63) is 35.6 Å². The van der Waals surface area contributed by atoms with Gasteiger partial charge in [0.15, 0.2) is 0 Å². The number of carbonyl (C=O) groups excluding carboxylic acids is 1. The first-order valence-electron chi connectivity index (χ1n) is 7.93. The molecule has 0 aromatic heterocycles. The summed E-state index contributed by atoms with van der Waals surface area (Å²) in [6.07, 6.45) is 0.0775. The third-order valence-electron chi connectivity index (χ3n) is 4.57. The van der Waals surface area contributed by atoms with Crippen LogP contribution in [0.4, 0.5) is 4.39 Å². The van der Waals surface area contributed by atoms with Crippen molar-refractivity contribution in [2.24, 2.45) is 0 Å². The lowest BCUT2D eigenvalue weighted by Gasteiger charge is -2.32. The maximum absolute atomic E-state index is 13.6. The Hall–Kier alpha value is -1.40. The predicted molar refractivity (Wildman–Crippen MR) is 86.5 cm³/mol. The van der Waals surface area contributed by atoms with Crippen molar-refractivity contribution in [1.29, 1.82) is 0 Å². The normalized spacial score (nSPS) is 20.3. The monoisotopic (exact) mass is 322 g/mol. The summed E-state index contributed by atoms with van der Waals surface area (Å²) in [6.45, 7) is 9.84. The van der Waals surface area contributed by atoms with E-state index in [1.54, 1.807) is 19.1 Å². The summed E-state index contributed by atoms with van der Waals surface area (Å²) < 4.78 is 30.7. The zero-order valence-corrected chi connectivity index (χ0v) is 14.4. The van der Waals surface area contributed by atoms with Crippen molar-refractivity contribution in [2.75, 3.05) is 6.61 Å². The van der Waals surface area contributed by atoms with Gasteiger partial charge in [-0.2, -0.15) is 0 Å². The van der Waals surface area contributed by atoms with Crippen LogP contribution in [-0.4, -0.2) is 30.9 Å². The van der Waals surface area contributed by atoms with Gasteiger partial charge in [-0.1, -0.05) is 12.1 Å². The molecule has 2 rings (SSSR count). The summed E-state index contributed by atoms with van der Waals surface area (Å²) in [6, 6.07) is 6.18. The van der Waals surface area contributed by atoms with E-state index in [2.05, 4.69) is 0 Å². The van der Waals surface area contributed by atoms with Crippen molar-refractivity contribution < 1.29 is 23.2 Å². The molecule has 1 aliphatic rings. The van der Waals surface area contributed by atoms with Gasteiger partial charge in [0, 0.05) is 5.82 Å². The third kappa shape index (κ3) is 3.93. The molecule has 0 bridgehead atoms. The van der Waals surface area contributed by atoms with Gasteiger partial charge in [0.1, 0.15) is 5.82 Å². The quantitative estimate of drug-likeness (QED) is 0.615. The van der Waals surface area contributed by atoms with Gasteiger partial charge in [-0.15, -0.1) is 0 Å². The van der Waals surface area contributed by atoms with Crippen molar-refractivity contribution in [3.63, 3.8) is 0 Å². The molecule has 1 saturated heterocycles. The number of ether oxygens (including phenoxy) is 1. The van der Waals surface area contributed by atoms with E-state index in [-0.39, 0.29) is 18.2 Å². The Labute approximate surface area is 137 Å². The average molecular weight is 322 g/mol. The highest BCUT2D eigenvalue weighted by Crippen LogP contribution is 2.41. The number of benzene rings is 1. The van der Waals surface area contributed by atoms with E-state index in [1.807, 2.05) is 27.7 Å². The van der Waals surface area contributed by atoms with Crippen molar-refractivity contribution in [1.82, 2.24) is 0 Å². The van der Waals surface area contributed by atoms with Gasteiger partial charge in [-0.25, -0.2) is 4.39 Å². The Kier molecular flexibility index (Phi) is 5.16. The third-order valence-corrected chi connectivity index (χ3v) is 4.57. The van der Waals surface area contributed by atoms with E-state index >= 15 is 0 Å². The topological polar surface area (TPSA) is 44.8 Å². The Balaban J connectivity index is 2.29. The largest absolute Gasteiger partial charge is 0.466 e. The highest BCUT2D eigenvalue weighted by molar-refractivity contribution is 6.48. The number of halogens is 1. The molecule has 4 nitrogen and oxygen atoms in total. The second-order valence-electron chi connectivity index (χ2n) is 6.80. The summed E-state index contributed by atoms with van der Waals surface area (Å²) >= 11 is 0. The molecule has 1 aromatic rings. The van der Waals surface area contributed by atoms with Crippen LogP contribution < -0.4 is 0 Å². The van der Waals surface area contributed by atoms with Gasteiger partial charge < -0.3 is 14.0 Å². The zero-order valence-electron chi connectivity index (χ0n) is 14.4. The molecule has 23 heavy (non-hydrogen) atoms. The Morgan fingerprint density at radius 3 is 2.39 bits per heavy atom. The van der Waals surface area contributed by atoms with Crippen LogP contribution >= 0.6 is 0 Å². The van der Waals surface area contributed by atoms with Gasteiger partial charge in [-0.05, 0) is 52.3 Å². The first-order chi connectivity index (χ1) is 10.7. The van der Waals surface area contributed by atoms with Gasteiger partial charge in [0.05, 0.1) is 24.2 Å². The molecule has 1 heterocycles. The van der Waals surface area contributed by atoms with E-state index in [0.29, 0.717) is 12.2 Å². The van der Waals surface area contributed by atoms with E-state index in [4.69, 9.17) is 14.0 Å². The van der Waals surface area contributed by atoms with Crippen molar-refractivity contribution >= 4 is 13.1 Å². The maximum Gasteiger partial charge on any atom is 0.466 e. The molecule has 1 aromatic carbocycles. The lowest BCUT2D eigenvalue weighted by atomic mass is 9.66. The summed E-state index contributed by atoms with van der Waals surface area (Å²) in [5, 5.41) is 0. The lowest BCUT2D eigenvalue weighted by Crippen LogP contribution is -2.41. The summed E-state index contributed by atoms with van der Waals surface area (Å²) in [4.78, 5) is 12.0. The average Bonchev–Trinajstić information content (AvgIpc) is 2.65. The van der Waals surface area contributed by atoms with Crippen molar-refractivity contribution in [2.45, 2.75) is 58.1 Å². The fraction of sp³-hybridized carbons (Fsp3) is 0.588. The van der Waals surface area contributed by atoms with Crippen LogP contribution in [0.5, 0.6) is 0 Å². The molecule has 0 saturated carbocycles.